The second-order valence-corrected chi connectivity index (χ2v) is 4.01. The van der Waals surface area contributed by atoms with E-state index in [9.17, 15) is 9.59 Å². The van der Waals surface area contributed by atoms with Crippen molar-refractivity contribution in [1.82, 2.24) is 0 Å². The van der Waals surface area contributed by atoms with E-state index in [0.29, 0.717) is 16.7 Å². The van der Waals surface area contributed by atoms with Crippen LogP contribution in [0.4, 0.5) is 0 Å². The third-order valence-electron chi connectivity index (χ3n) is 2.66. The summed E-state index contributed by atoms with van der Waals surface area (Å²) in [5, 5.41) is 0. The molecule has 0 bridgehead atoms. The predicted octanol–water partition coefficient (Wildman–Crippen LogP) is 2.03. The van der Waals surface area contributed by atoms with E-state index >= 15 is 0 Å². The van der Waals surface area contributed by atoms with Crippen LogP contribution in [0.15, 0.2) is 22.5 Å². The maximum Gasteiger partial charge on any atom is 0.224 e. The highest BCUT2D eigenvalue weighted by molar-refractivity contribution is 6.24. The topological polar surface area (TPSA) is 43.4 Å². The van der Waals surface area contributed by atoms with Crippen LogP contribution in [-0.2, 0) is 14.3 Å². The van der Waals surface area contributed by atoms with Gasteiger partial charge in [-0.15, -0.1) is 0 Å². The first-order valence-electron chi connectivity index (χ1n) is 4.96. The first-order valence-corrected chi connectivity index (χ1v) is 4.96. The molecule has 0 radical (unpaired) electrons. The lowest BCUT2D eigenvalue weighted by molar-refractivity contribution is -0.119. The minimum atomic E-state index is -0.168. The largest absolute Gasteiger partial charge is 0.492 e. The normalized spacial score (nSPS) is 18.0. The summed E-state index contributed by atoms with van der Waals surface area (Å²) in [6, 6.07) is 0. The summed E-state index contributed by atoms with van der Waals surface area (Å²) in [4.78, 5) is 23.8. The quantitative estimate of drug-likeness (QED) is 0.652. The number of carbonyl (C=O) groups is 2. The lowest BCUT2D eigenvalue weighted by Crippen LogP contribution is -2.25. The van der Waals surface area contributed by atoms with Gasteiger partial charge in [0, 0.05) is 16.7 Å². The molecular formula is C12H16O3. The van der Waals surface area contributed by atoms with Gasteiger partial charge in [0.05, 0.1) is 7.11 Å². The van der Waals surface area contributed by atoms with Crippen molar-refractivity contribution >= 4 is 11.6 Å². The van der Waals surface area contributed by atoms with Gasteiger partial charge in [-0.1, -0.05) is 13.8 Å². The standard InChI is InChI=1S/C12H16O3/c1-6(2)9-7(3)11(14)12(15-5)8(4)10(9)13/h6H,1-5H3. The number of ether oxygens (including phenoxy) is 1. The van der Waals surface area contributed by atoms with E-state index in [0.717, 1.165) is 0 Å². The molecule has 3 heteroatoms. The Morgan fingerprint density at radius 1 is 1.00 bits per heavy atom. The van der Waals surface area contributed by atoms with Gasteiger partial charge in [0.2, 0.25) is 5.78 Å². The van der Waals surface area contributed by atoms with Crippen molar-refractivity contribution in [2.45, 2.75) is 27.7 Å². The number of ketones is 2. The van der Waals surface area contributed by atoms with Gasteiger partial charge in [-0.2, -0.15) is 0 Å². The van der Waals surface area contributed by atoms with Gasteiger partial charge in [0.25, 0.3) is 0 Å². The Morgan fingerprint density at radius 2 is 1.53 bits per heavy atom. The summed E-state index contributed by atoms with van der Waals surface area (Å²) < 4.78 is 4.96. The molecule has 0 saturated heterocycles. The Labute approximate surface area is 89.8 Å². The molecule has 0 aromatic heterocycles. The molecule has 0 aromatic carbocycles. The van der Waals surface area contributed by atoms with Crippen LogP contribution in [-0.4, -0.2) is 18.7 Å². The van der Waals surface area contributed by atoms with Gasteiger partial charge in [0.1, 0.15) is 0 Å². The summed E-state index contributed by atoms with van der Waals surface area (Å²) in [6.07, 6.45) is 0. The Balaban J connectivity index is 3.33. The molecule has 3 nitrogen and oxygen atoms in total. The fourth-order valence-electron chi connectivity index (χ4n) is 1.88. The van der Waals surface area contributed by atoms with Crippen LogP contribution in [0.1, 0.15) is 27.7 Å². The van der Waals surface area contributed by atoms with Crippen molar-refractivity contribution < 1.29 is 14.3 Å². The highest BCUT2D eigenvalue weighted by atomic mass is 16.5. The summed E-state index contributed by atoms with van der Waals surface area (Å²) in [5.41, 5.74) is 1.53. The predicted molar refractivity (Wildman–Crippen MR) is 57.3 cm³/mol. The van der Waals surface area contributed by atoms with Gasteiger partial charge in [0.15, 0.2) is 11.5 Å². The molecule has 0 spiro atoms. The van der Waals surface area contributed by atoms with Crippen LogP contribution < -0.4 is 0 Å². The first-order chi connectivity index (χ1) is 6.91. The number of carbonyl (C=O) groups excluding carboxylic acids is 2. The third kappa shape index (κ3) is 1.74. The van der Waals surface area contributed by atoms with Crippen molar-refractivity contribution in [2.24, 2.45) is 5.92 Å². The minimum absolute atomic E-state index is 0.0646. The van der Waals surface area contributed by atoms with E-state index in [1.54, 1.807) is 13.8 Å². The Morgan fingerprint density at radius 3 is 1.93 bits per heavy atom. The highest BCUT2D eigenvalue weighted by Gasteiger charge is 2.32. The molecule has 0 heterocycles. The minimum Gasteiger partial charge on any atom is -0.492 e. The summed E-state index contributed by atoms with van der Waals surface area (Å²) in [5.74, 6) is 0.00829. The maximum absolute atomic E-state index is 11.9. The number of hydrogen-bond donors (Lipinski definition) is 0. The zero-order valence-electron chi connectivity index (χ0n) is 9.80. The summed E-state index contributed by atoms with van der Waals surface area (Å²) in [6.45, 7) is 7.14. The lowest BCUT2D eigenvalue weighted by Gasteiger charge is -2.21. The second kappa shape index (κ2) is 4.01. The number of methoxy groups -OCH3 is 1. The van der Waals surface area contributed by atoms with Crippen LogP contribution in [0.2, 0.25) is 0 Å². The van der Waals surface area contributed by atoms with Crippen LogP contribution in [0.5, 0.6) is 0 Å². The monoisotopic (exact) mass is 208 g/mol. The van der Waals surface area contributed by atoms with Gasteiger partial charge in [-0.3, -0.25) is 9.59 Å². The lowest BCUT2D eigenvalue weighted by atomic mass is 9.84. The van der Waals surface area contributed by atoms with Crippen LogP contribution >= 0.6 is 0 Å². The molecule has 0 aromatic rings. The van der Waals surface area contributed by atoms with Crippen molar-refractivity contribution in [3.05, 3.63) is 22.5 Å². The van der Waals surface area contributed by atoms with Crippen LogP contribution in [0.25, 0.3) is 0 Å². The molecule has 0 aliphatic heterocycles. The molecule has 82 valence electrons. The highest BCUT2D eigenvalue weighted by Crippen LogP contribution is 2.28. The molecule has 1 rings (SSSR count). The van der Waals surface area contributed by atoms with Crippen molar-refractivity contribution in [3.63, 3.8) is 0 Å². The summed E-state index contributed by atoms with van der Waals surface area (Å²) >= 11 is 0. The SMILES string of the molecule is COC1=C(C)C(=O)C(C(C)C)=C(C)C1=O. The van der Waals surface area contributed by atoms with Crippen LogP contribution in [0, 0.1) is 5.92 Å². The smallest absolute Gasteiger partial charge is 0.224 e. The summed E-state index contributed by atoms with van der Waals surface area (Å²) in [7, 11) is 1.41. The van der Waals surface area contributed by atoms with Gasteiger partial charge < -0.3 is 4.74 Å². The van der Waals surface area contributed by atoms with Gasteiger partial charge >= 0.3 is 0 Å². The Hall–Kier alpha value is -1.38. The van der Waals surface area contributed by atoms with E-state index in [1.807, 2.05) is 13.8 Å². The molecule has 0 atom stereocenters. The molecule has 0 N–H and O–H groups in total. The average Bonchev–Trinajstić information content (AvgIpc) is 2.16. The van der Waals surface area contributed by atoms with Gasteiger partial charge in [-0.25, -0.2) is 0 Å². The van der Waals surface area contributed by atoms with Crippen molar-refractivity contribution in [1.29, 1.82) is 0 Å². The van der Waals surface area contributed by atoms with E-state index in [4.69, 9.17) is 4.74 Å². The molecule has 1 aliphatic rings. The van der Waals surface area contributed by atoms with E-state index < -0.39 is 0 Å². The maximum atomic E-state index is 11.9. The number of hydrogen-bond acceptors (Lipinski definition) is 3. The molecule has 1 aliphatic carbocycles. The average molecular weight is 208 g/mol. The molecule has 0 unspecified atom stereocenters. The zero-order valence-corrected chi connectivity index (χ0v) is 9.80. The molecule has 0 saturated carbocycles. The van der Waals surface area contributed by atoms with Crippen molar-refractivity contribution in [3.8, 4) is 0 Å². The number of rotatable bonds is 2. The van der Waals surface area contributed by atoms with E-state index in [2.05, 4.69) is 0 Å². The first kappa shape index (κ1) is 11.7. The van der Waals surface area contributed by atoms with Gasteiger partial charge in [-0.05, 0) is 19.8 Å². The fourth-order valence-corrected chi connectivity index (χ4v) is 1.88. The Kier molecular flexibility index (Phi) is 3.12. The number of Topliss-reactive ketones (excluding diaryl/α,β-unsaturated/α-hetero) is 2. The third-order valence-corrected chi connectivity index (χ3v) is 2.66. The fraction of sp³-hybridized carbons (Fsp3) is 0.500. The molecular weight excluding hydrogens is 192 g/mol. The van der Waals surface area contributed by atoms with E-state index in [1.165, 1.54) is 7.11 Å². The van der Waals surface area contributed by atoms with E-state index in [-0.39, 0.29) is 23.2 Å². The molecule has 0 fully saturated rings. The molecule has 15 heavy (non-hydrogen) atoms. The Bertz CT molecular complexity index is 384. The second-order valence-electron chi connectivity index (χ2n) is 4.01. The van der Waals surface area contributed by atoms with Crippen molar-refractivity contribution in [2.75, 3.05) is 7.11 Å². The zero-order chi connectivity index (χ0) is 11.7. The molecule has 0 amide bonds. The number of allylic oxidation sites excluding steroid dienone is 3. The van der Waals surface area contributed by atoms with Crippen LogP contribution in [0.3, 0.4) is 0 Å².